The minimum atomic E-state index is -4.05. The Hall–Kier alpha value is -2.60. The lowest BCUT2D eigenvalue weighted by atomic mass is 10.1. The molecule has 114 valence electrons. The molecule has 0 atom stereocenters. The lowest BCUT2D eigenvalue weighted by Crippen LogP contribution is -2.11. The second-order valence-electron chi connectivity index (χ2n) is 4.63. The molecule has 0 aliphatic carbocycles. The highest BCUT2D eigenvalue weighted by Crippen LogP contribution is 2.28. The van der Waals surface area contributed by atoms with E-state index in [1.165, 1.54) is 24.3 Å². The van der Waals surface area contributed by atoms with Crippen molar-refractivity contribution in [1.29, 1.82) is 0 Å². The van der Waals surface area contributed by atoms with Gasteiger partial charge in [0.05, 0.1) is 5.57 Å². The first-order valence-electron chi connectivity index (χ1n) is 6.34. The SMILES string of the molecule is C=C(C(=O)O)c1ccccc1OS(=O)(=O)c1ccc(C)cc1. The second-order valence-corrected chi connectivity index (χ2v) is 6.18. The van der Waals surface area contributed by atoms with Gasteiger partial charge in [-0.2, -0.15) is 8.42 Å². The molecule has 0 bridgehead atoms. The van der Waals surface area contributed by atoms with E-state index in [1.54, 1.807) is 24.3 Å². The Labute approximate surface area is 128 Å². The topological polar surface area (TPSA) is 80.7 Å². The first-order chi connectivity index (χ1) is 10.3. The minimum absolute atomic E-state index is 0.00570. The molecule has 0 heterocycles. The summed E-state index contributed by atoms with van der Waals surface area (Å²) >= 11 is 0. The van der Waals surface area contributed by atoms with E-state index in [9.17, 15) is 13.2 Å². The first kappa shape index (κ1) is 15.8. The van der Waals surface area contributed by atoms with E-state index in [-0.39, 0.29) is 21.8 Å². The van der Waals surface area contributed by atoms with Gasteiger partial charge in [0, 0.05) is 5.56 Å². The van der Waals surface area contributed by atoms with E-state index < -0.39 is 16.1 Å². The van der Waals surface area contributed by atoms with E-state index >= 15 is 0 Å². The number of carboxylic acid groups (broad SMARTS) is 1. The maximum atomic E-state index is 12.3. The minimum Gasteiger partial charge on any atom is -0.478 e. The van der Waals surface area contributed by atoms with Crippen molar-refractivity contribution in [3.63, 3.8) is 0 Å². The molecule has 2 rings (SSSR count). The molecule has 0 saturated carbocycles. The van der Waals surface area contributed by atoms with Crippen molar-refractivity contribution < 1.29 is 22.5 Å². The number of hydrogen-bond acceptors (Lipinski definition) is 4. The zero-order chi connectivity index (χ0) is 16.3. The quantitative estimate of drug-likeness (QED) is 0.677. The molecule has 0 radical (unpaired) electrons. The van der Waals surface area contributed by atoms with Gasteiger partial charge in [0.2, 0.25) is 0 Å². The molecule has 5 nitrogen and oxygen atoms in total. The van der Waals surface area contributed by atoms with Crippen molar-refractivity contribution in [2.45, 2.75) is 11.8 Å². The summed E-state index contributed by atoms with van der Waals surface area (Å²) in [6.07, 6.45) is 0. The van der Waals surface area contributed by atoms with Crippen LogP contribution < -0.4 is 4.18 Å². The number of rotatable bonds is 5. The molecule has 0 fully saturated rings. The first-order valence-corrected chi connectivity index (χ1v) is 7.75. The monoisotopic (exact) mass is 318 g/mol. The van der Waals surface area contributed by atoms with Crippen LogP contribution >= 0.6 is 0 Å². The van der Waals surface area contributed by atoms with Crippen LogP contribution in [0.5, 0.6) is 5.75 Å². The van der Waals surface area contributed by atoms with Gasteiger partial charge in [-0.25, -0.2) is 4.79 Å². The van der Waals surface area contributed by atoms with Crippen molar-refractivity contribution in [1.82, 2.24) is 0 Å². The smallest absolute Gasteiger partial charge is 0.339 e. The van der Waals surface area contributed by atoms with Gasteiger partial charge in [-0.3, -0.25) is 0 Å². The van der Waals surface area contributed by atoms with Gasteiger partial charge in [0.15, 0.2) is 5.75 Å². The molecule has 6 heteroatoms. The number of hydrogen-bond donors (Lipinski definition) is 1. The van der Waals surface area contributed by atoms with Crippen molar-refractivity contribution in [3.8, 4) is 5.75 Å². The highest BCUT2D eigenvalue weighted by atomic mass is 32.2. The summed E-state index contributed by atoms with van der Waals surface area (Å²) in [5.74, 6) is -1.32. The van der Waals surface area contributed by atoms with E-state index in [1.807, 2.05) is 6.92 Å². The fraction of sp³-hybridized carbons (Fsp3) is 0.0625. The Morgan fingerprint density at radius 2 is 1.68 bits per heavy atom. The molecule has 0 aliphatic rings. The van der Waals surface area contributed by atoms with Gasteiger partial charge in [0.1, 0.15) is 4.90 Å². The summed E-state index contributed by atoms with van der Waals surface area (Å²) in [5.41, 5.74) is 0.791. The fourth-order valence-corrected chi connectivity index (χ4v) is 2.72. The van der Waals surface area contributed by atoms with Crippen molar-refractivity contribution in [2.75, 3.05) is 0 Å². The molecule has 0 saturated heterocycles. The van der Waals surface area contributed by atoms with Gasteiger partial charge in [-0.1, -0.05) is 42.5 Å². The second kappa shape index (κ2) is 6.03. The lowest BCUT2D eigenvalue weighted by molar-refractivity contribution is -0.130. The van der Waals surface area contributed by atoms with Crippen molar-refractivity contribution in [2.24, 2.45) is 0 Å². The number of carboxylic acids is 1. The Morgan fingerprint density at radius 3 is 2.27 bits per heavy atom. The molecule has 0 amide bonds. The molecule has 22 heavy (non-hydrogen) atoms. The molecule has 0 spiro atoms. The standard InChI is InChI=1S/C16H14O5S/c1-11-7-9-13(10-8-11)22(19,20)21-15-6-4-3-5-14(15)12(2)16(17)18/h3-10H,2H2,1H3,(H,17,18). The van der Waals surface area contributed by atoms with Crippen LogP contribution in [0, 0.1) is 6.92 Å². The summed E-state index contributed by atoms with van der Waals surface area (Å²) in [6.45, 7) is 5.26. The van der Waals surface area contributed by atoms with Crippen LogP contribution in [-0.2, 0) is 14.9 Å². The normalized spacial score (nSPS) is 11.0. The van der Waals surface area contributed by atoms with Crippen LogP contribution in [0.1, 0.15) is 11.1 Å². The van der Waals surface area contributed by atoms with Crippen LogP contribution in [-0.4, -0.2) is 19.5 Å². The van der Waals surface area contributed by atoms with Crippen LogP contribution in [0.3, 0.4) is 0 Å². The van der Waals surface area contributed by atoms with Gasteiger partial charge >= 0.3 is 16.1 Å². The molecule has 1 N–H and O–H groups in total. The van der Waals surface area contributed by atoms with Crippen molar-refractivity contribution in [3.05, 3.63) is 66.2 Å². The predicted octanol–water partition coefficient (Wildman–Crippen LogP) is 2.86. The van der Waals surface area contributed by atoms with E-state index in [0.717, 1.165) is 5.56 Å². The Kier molecular flexibility index (Phi) is 4.32. The van der Waals surface area contributed by atoms with Crippen molar-refractivity contribution >= 4 is 21.7 Å². The highest BCUT2D eigenvalue weighted by Gasteiger charge is 2.20. The number of carbonyl (C=O) groups is 1. The lowest BCUT2D eigenvalue weighted by Gasteiger charge is -2.11. The van der Waals surface area contributed by atoms with Gasteiger partial charge < -0.3 is 9.29 Å². The largest absolute Gasteiger partial charge is 0.478 e. The van der Waals surface area contributed by atoms with Crippen LogP contribution in [0.4, 0.5) is 0 Å². The van der Waals surface area contributed by atoms with E-state index in [2.05, 4.69) is 6.58 Å². The van der Waals surface area contributed by atoms with Gasteiger partial charge in [-0.15, -0.1) is 0 Å². The number of aryl methyl sites for hydroxylation is 1. The zero-order valence-electron chi connectivity index (χ0n) is 11.8. The molecule has 0 aromatic heterocycles. The maximum absolute atomic E-state index is 12.3. The molecule has 2 aromatic carbocycles. The average molecular weight is 318 g/mol. The molecule has 0 aliphatic heterocycles. The third kappa shape index (κ3) is 3.35. The van der Waals surface area contributed by atoms with E-state index in [4.69, 9.17) is 9.29 Å². The summed E-state index contributed by atoms with van der Waals surface area (Å²) < 4.78 is 29.6. The zero-order valence-corrected chi connectivity index (χ0v) is 12.6. The summed E-state index contributed by atoms with van der Waals surface area (Å²) in [7, 11) is -4.05. The summed E-state index contributed by atoms with van der Waals surface area (Å²) in [6, 6.07) is 12.1. The third-order valence-corrected chi connectivity index (χ3v) is 4.23. The van der Waals surface area contributed by atoms with Crippen LogP contribution in [0.25, 0.3) is 5.57 Å². The number of benzene rings is 2. The third-order valence-electron chi connectivity index (χ3n) is 2.98. The Bertz CT molecular complexity index is 820. The maximum Gasteiger partial charge on any atom is 0.339 e. The predicted molar refractivity (Wildman–Crippen MR) is 82.1 cm³/mol. The van der Waals surface area contributed by atoms with Crippen LogP contribution in [0.15, 0.2) is 60.0 Å². The number of aliphatic carboxylic acids is 1. The molecular weight excluding hydrogens is 304 g/mol. The number of para-hydroxylation sites is 1. The molecule has 2 aromatic rings. The summed E-state index contributed by atoms with van der Waals surface area (Å²) in [4.78, 5) is 11.0. The van der Waals surface area contributed by atoms with Crippen LogP contribution in [0.2, 0.25) is 0 Å². The Balaban J connectivity index is 2.40. The highest BCUT2D eigenvalue weighted by molar-refractivity contribution is 7.87. The Morgan fingerprint density at radius 1 is 1.09 bits per heavy atom. The molecular formula is C16H14O5S. The average Bonchev–Trinajstić information content (AvgIpc) is 2.47. The van der Waals surface area contributed by atoms with Gasteiger partial charge in [-0.05, 0) is 25.1 Å². The van der Waals surface area contributed by atoms with E-state index in [0.29, 0.717) is 0 Å². The van der Waals surface area contributed by atoms with Gasteiger partial charge in [0.25, 0.3) is 0 Å². The summed E-state index contributed by atoms with van der Waals surface area (Å²) in [5, 5.41) is 9.00. The molecule has 0 unspecified atom stereocenters. The fourth-order valence-electron chi connectivity index (χ4n) is 1.78.